The predicted molar refractivity (Wildman–Crippen MR) is 108 cm³/mol. The molecule has 0 radical (unpaired) electrons. The van der Waals surface area contributed by atoms with Crippen molar-refractivity contribution in [3.63, 3.8) is 0 Å². The average molecular weight is 471 g/mol. The highest BCUT2D eigenvalue weighted by Gasteiger charge is 2.33. The lowest BCUT2D eigenvalue weighted by atomic mass is 10.3. The number of rotatable bonds is 8. The van der Waals surface area contributed by atoms with E-state index in [0.717, 1.165) is 24.3 Å². The molecule has 0 aliphatic carbocycles. The maximum atomic E-state index is 13.1. The SMILES string of the molecule is O=[N+]([O-])c1ccc(S(=O)(=O)NC[C@@H](c2ccco2)S(=O)(=O)c2ccc(Cl)cc2)cc1. The molecule has 3 rings (SSSR count). The summed E-state index contributed by atoms with van der Waals surface area (Å²) in [6.45, 7) is -0.516. The van der Waals surface area contributed by atoms with E-state index in [2.05, 4.69) is 4.72 Å². The number of sulfone groups is 1. The van der Waals surface area contributed by atoms with Crippen LogP contribution in [-0.2, 0) is 19.9 Å². The minimum absolute atomic E-state index is 0.0522. The molecule has 1 heterocycles. The Morgan fingerprint density at radius 3 is 2.10 bits per heavy atom. The van der Waals surface area contributed by atoms with Crippen LogP contribution < -0.4 is 4.72 Å². The number of nitro groups is 1. The second-order valence-corrected chi connectivity index (χ2v) is 10.4. The summed E-state index contributed by atoms with van der Waals surface area (Å²) in [5.41, 5.74) is -0.271. The summed E-state index contributed by atoms with van der Waals surface area (Å²) in [5, 5.41) is 9.73. The molecule has 158 valence electrons. The lowest BCUT2D eigenvalue weighted by Crippen LogP contribution is -2.31. The van der Waals surface area contributed by atoms with E-state index in [1.54, 1.807) is 0 Å². The molecule has 3 aromatic rings. The van der Waals surface area contributed by atoms with Gasteiger partial charge < -0.3 is 4.42 Å². The Labute approximate surface area is 177 Å². The van der Waals surface area contributed by atoms with E-state index in [-0.39, 0.29) is 21.2 Å². The van der Waals surface area contributed by atoms with E-state index in [1.807, 2.05) is 0 Å². The lowest BCUT2D eigenvalue weighted by Gasteiger charge is -2.17. The highest BCUT2D eigenvalue weighted by molar-refractivity contribution is 7.92. The number of halogens is 1. The molecular formula is C18H15ClN2O7S2. The number of hydrogen-bond acceptors (Lipinski definition) is 7. The highest BCUT2D eigenvalue weighted by atomic mass is 35.5. The van der Waals surface area contributed by atoms with Gasteiger partial charge in [0.2, 0.25) is 10.0 Å². The minimum Gasteiger partial charge on any atom is -0.468 e. The maximum Gasteiger partial charge on any atom is 0.269 e. The van der Waals surface area contributed by atoms with Crippen LogP contribution in [0.25, 0.3) is 0 Å². The molecule has 0 aliphatic rings. The van der Waals surface area contributed by atoms with Gasteiger partial charge >= 0.3 is 0 Å². The molecule has 0 fully saturated rings. The van der Waals surface area contributed by atoms with Crippen LogP contribution in [0, 0.1) is 10.1 Å². The molecule has 0 saturated carbocycles. The zero-order chi connectivity index (χ0) is 21.9. The molecule has 0 aliphatic heterocycles. The van der Waals surface area contributed by atoms with Crippen molar-refractivity contribution in [1.29, 1.82) is 0 Å². The monoisotopic (exact) mass is 470 g/mol. The van der Waals surface area contributed by atoms with Crippen molar-refractivity contribution in [2.24, 2.45) is 0 Å². The molecule has 0 spiro atoms. The molecule has 0 amide bonds. The van der Waals surface area contributed by atoms with Crippen molar-refractivity contribution >= 4 is 37.1 Å². The van der Waals surface area contributed by atoms with Crippen LogP contribution in [0.3, 0.4) is 0 Å². The van der Waals surface area contributed by atoms with Crippen molar-refractivity contribution in [1.82, 2.24) is 4.72 Å². The molecule has 12 heteroatoms. The summed E-state index contributed by atoms with van der Waals surface area (Å²) in [4.78, 5) is 9.78. The van der Waals surface area contributed by atoms with Gasteiger partial charge in [0.25, 0.3) is 5.69 Å². The topological polar surface area (TPSA) is 137 Å². The van der Waals surface area contributed by atoms with Crippen LogP contribution in [0.1, 0.15) is 11.0 Å². The quantitative estimate of drug-likeness (QED) is 0.393. The Kier molecular flexibility index (Phi) is 6.27. The van der Waals surface area contributed by atoms with Crippen molar-refractivity contribution in [3.8, 4) is 0 Å². The van der Waals surface area contributed by atoms with Crippen molar-refractivity contribution in [2.75, 3.05) is 6.54 Å². The first-order chi connectivity index (χ1) is 14.1. The molecule has 0 unspecified atom stereocenters. The molecular weight excluding hydrogens is 456 g/mol. The van der Waals surface area contributed by atoms with Gasteiger partial charge in [0, 0.05) is 23.7 Å². The van der Waals surface area contributed by atoms with E-state index in [0.29, 0.717) is 5.02 Å². The first-order valence-electron chi connectivity index (χ1n) is 8.38. The molecule has 9 nitrogen and oxygen atoms in total. The van der Waals surface area contributed by atoms with Crippen LogP contribution in [0.15, 0.2) is 81.1 Å². The van der Waals surface area contributed by atoms with Crippen molar-refractivity contribution in [2.45, 2.75) is 15.0 Å². The molecule has 0 bridgehead atoms. The van der Waals surface area contributed by atoms with E-state index < -0.39 is 36.6 Å². The molecule has 1 aromatic heterocycles. The normalized spacial score (nSPS) is 13.1. The summed E-state index contributed by atoms with van der Waals surface area (Å²) in [7, 11) is -8.17. The van der Waals surface area contributed by atoms with Crippen LogP contribution >= 0.6 is 11.6 Å². The van der Waals surface area contributed by atoms with E-state index in [4.69, 9.17) is 16.0 Å². The van der Waals surface area contributed by atoms with Gasteiger partial charge in [0.1, 0.15) is 11.0 Å². The third-order valence-corrected chi connectivity index (χ3v) is 7.96. The van der Waals surface area contributed by atoms with E-state index in [1.165, 1.54) is 42.7 Å². The molecule has 1 atom stereocenters. The number of nitro benzene ring substituents is 1. The second-order valence-electron chi connectivity index (χ2n) is 6.11. The smallest absolute Gasteiger partial charge is 0.269 e. The summed E-state index contributed by atoms with van der Waals surface area (Å²) >= 11 is 5.81. The van der Waals surface area contributed by atoms with Gasteiger partial charge in [-0.2, -0.15) is 0 Å². The maximum absolute atomic E-state index is 13.1. The van der Waals surface area contributed by atoms with Crippen LogP contribution in [0.4, 0.5) is 5.69 Å². The fourth-order valence-corrected chi connectivity index (χ4v) is 5.51. The number of nitrogens with zero attached hydrogens (tertiary/aromatic N) is 1. The number of hydrogen-bond donors (Lipinski definition) is 1. The number of sulfonamides is 1. The lowest BCUT2D eigenvalue weighted by molar-refractivity contribution is -0.384. The van der Waals surface area contributed by atoms with Gasteiger partial charge in [-0.25, -0.2) is 21.6 Å². The largest absolute Gasteiger partial charge is 0.468 e. The molecule has 30 heavy (non-hydrogen) atoms. The standard InChI is InChI=1S/C18H15ClN2O7S2/c19-13-3-7-15(8-4-13)29(24,25)18(17-2-1-11-28-17)12-20-30(26,27)16-9-5-14(6-10-16)21(22)23/h1-11,18,20H,12H2/t18-/m0/s1. The third-order valence-electron chi connectivity index (χ3n) is 4.19. The minimum atomic E-state index is -4.14. The first kappa shape index (κ1) is 22.0. The van der Waals surface area contributed by atoms with Gasteiger partial charge in [-0.15, -0.1) is 0 Å². The molecule has 2 aromatic carbocycles. The van der Waals surface area contributed by atoms with Gasteiger partial charge in [-0.05, 0) is 48.5 Å². The predicted octanol–water partition coefficient (Wildman–Crippen LogP) is 3.33. The Morgan fingerprint density at radius 2 is 1.57 bits per heavy atom. The number of nitrogens with one attached hydrogen (secondary N) is 1. The highest BCUT2D eigenvalue weighted by Crippen LogP contribution is 2.30. The molecule has 0 saturated heterocycles. The van der Waals surface area contributed by atoms with Gasteiger partial charge in [0.05, 0.1) is 21.0 Å². The summed E-state index contributed by atoms with van der Waals surface area (Å²) < 4.78 is 58.8. The van der Waals surface area contributed by atoms with Crippen molar-refractivity contribution < 1.29 is 26.2 Å². The Balaban J connectivity index is 1.89. The number of non-ortho nitro benzene ring substituents is 1. The fraction of sp³-hybridized carbons (Fsp3) is 0.111. The van der Waals surface area contributed by atoms with Crippen LogP contribution in [-0.4, -0.2) is 28.3 Å². The zero-order valence-electron chi connectivity index (χ0n) is 15.1. The number of furan rings is 1. The summed E-state index contributed by atoms with van der Waals surface area (Å²) in [6.07, 6.45) is 1.28. The van der Waals surface area contributed by atoms with E-state index in [9.17, 15) is 26.9 Å². The van der Waals surface area contributed by atoms with Crippen molar-refractivity contribution in [3.05, 3.63) is 87.8 Å². The molecule has 1 N–H and O–H groups in total. The number of benzene rings is 2. The van der Waals surface area contributed by atoms with Gasteiger partial charge in [-0.1, -0.05) is 11.6 Å². The second kappa shape index (κ2) is 8.56. The Bertz CT molecular complexity index is 1240. The van der Waals surface area contributed by atoms with Gasteiger partial charge in [0.15, 0.2) is 9.84 Å². The first-order valence-corrected chi connectivity index (χ1v) is 11.8. The van der Waals surface area contributed by atoms with Crippen LogP contribution in [0.5, 0.6) is 0 Å². The van der Waals surface area contributed by atoms with Crippen LogP contribution in [0.2, 0.25) is 5.02 Å². The van der Waals surface area contributed by atoms with E-state index >= 15 is 0 Å². The van der Waals surface area contributed by atoms with Gasteiger partial charge in [-0.3, -0.25) is 10.1 Å². The summed E-state index contributed by atoms with van der Waals surface area (Å²) in [6, 6.07) is 12.6. The average Bonchev–Trinajstić information content (AvgIpc) is 3.22. The fourth-order valence-electron chi connectivity index (χ4n) is 2.64. The third kappa shape index (κ3) is 4.70. The summed E-state index contributed by atoms with van der Waals surface area (Å²) in [5.74, 6) is 0.0522. The zero-order valence-corrected chi connectivity index (χ0v) is 17.5. The Hall–Kier alpha value is -2.73. The Morgan fingerprint density at radius 1 is 0.967 bits per heavy atom.